The zero-order valence-electron chi connectivity index (χ0n) is 11.6. The monoisotopic (exact) mass is 325 g/mol. The van der Waals surface area contributed by atoms with Gasteiger partial charge in [0.1, 0.15) is 0 Å². The number of nitrogens with one attached hydrogen (secondary N) is 1. The Morgan fingerprint density at radius 1 is 1.32 bits per heavy atom. The van der Waals surface area contributed by atoms with Crippen LogP contribution in [0, 0.1) is 0 Å². The minimum Gasteiger partial charge on any atom is -0.314 e. The first-order chi connectivity index (χ1) is 9.21. The summed E-state index contributed by atoms with van der Waals surface area (Å²) in [6, 6.07) is 2.04. The molecule has 6 heteroatoms. The average molecular weight is 326 g/mol. The fraction of sp³-hybridized carbons (Fsp3) is 0.538. The van der Waals surface area contributed by atoms with Crippen molar-refractivity contribution in [2.75, 3.05) is 7.05 Å². The first-order valence-electron chi connectivity index (χ1n) is 6.60. The SMILES string of the molecule is CCc1nn(CC)c(Cn2nccc2CNC)c1Br. The van der Waals surface area contributed by atoms with E-state index in [0.717, 1.165) is 36.2 Å². The van der Waals surface area contributed by atoms with Crippen molar-refractivity contribution in [2.45, 2.75) is 39.9 Å². The third-order valence-electron chi connectivity index (χ3n) is 3.16. The molecule has 104 valence electrons. The van der Waals surface area contributed by atoms with Crippen molar-refractivity contribution >= 4 is 15.9 Å². The minimum absolute atomic E-state index is 0.742. The maximum absolute atomic E-state index is 4.62. The van der Waals surface area contributed by atoms with Crippen molar-refractivity contribution in [1.29, 1.82) is 0 Å². The maximum atomic E-state index is 4.62. The smallest absolute Gasteiger partial charge is 0.0843 e. The van der Waals surface area contributed by atoms with Crippen LogP contribution in [0.25, 0.3) is 0 Å². The first kappa shape index (κ1) is 14.3. The highest BCUT2D eigenvalue weighted by molar-refractivity contribution is 9.10. The van der Waals surface area contributed by atoms with Crippen LogP contribution in [0.1, 0.15) is 30.9 Å². The van der Waals surface area contributed by atoms with Crippen LogP contribution in [-0.4, -0.2) is 26.6 Å². The van der Waals surface area contributed by atoms with Crippen LogP contribution in [0.5, 0.6) is 0 Å². The summed E-state index contributed by atoms with van der Waals surface area (Å²) < 4.78 is 5.18. The molecule has 0 aliphatic heterocycles. The van der Waals surface area contributed by atoms with Crippen LogP contribution < -0.4 is 5.32 Å². The summed E-state index contributed by atoms with van der Waals surface area (Å²) in [6.07, 6.45) is 2.77. The lowest BCUT2D eigenvalue weighted by Gasteiger charge is -2.09. The highest BCUT2D eigenvalue weighted by Crippen LogP contribution is 2.23. The van der Waals surface area contributed by atoms with Gasteiger partial charge in [0.2, 0.25) is 0 Å². The van der Waals surface area contributed by atoms with E-state index in [9.17, 15) is 0 Å². The van der Waals surface area contributed by atoms with Gasteiger partial charge >= 0.3 is 0 Å². The zero-order chi connectivity index (χ0) is 13.8. The Morgan fingerprint density at radius 2 is 2.11 bits per heavy atom. The molecule has 5 nitrogen and oxygen atoms in total. The molecule has 2 aromatic heterocycles. The van der Waals surface area contributed by atoms with Gasteiger partial charge in [0.05, 0.1) is 28.1 Å². The quantitative estimate of drug-likeness (QED) is 0.885. The molecular formula is C13H20BrN5. The zero-order valence-corrected chi connectivity index (χ0v) is 13.2. The normalized spacial score (nSPS) is 11.2. The second-order valence-electron chi connectivity index (χ2n) is 4.39. The molecule has 2 rings (SSSR count). The van der Waals surface area contributed by atoms with E-state index in [1.54, 1.807) is 0 Å². The van der Waals surface area contributed by atoms with Gasteiger partial charge in [0.15, 0.2) is 0 Å². The predicted octanol–water partition coefficient (Wildman–Crippen LogP) is 2.19. The molecule has 0 aromatic carbocycles. The minimum atomic E-state index is 0.742. The molecular weight excluding hydrogens is 306 g/mol. The maximum Gasteiger partial charge on any atom is 0.0843 e. The lowest BCUT2D eigenvalue weighted by atomic mass is 10.3. The Morgan fingerprint density at radius 3 is 2.74 bits per heavy atom. The largest absolute Gasteiger partial charge is 0.314 e. The van der Waals surface area contributed by atoms with Crippen molar-refractivity contribution in [3.8, 4) is 0 Å². The van der Waals surface area contributed by atoms with Crippen molar-refractivity contribution in [3.63, 3.8) is 0 Å². The molecule has 0 radical (unpaired) electrons. The van der Waals surface area contributed by atoms with Crippen LogP contribution in [0.4, 0.5) is 0 Å². The number of hydrogen-bond acceptors (Lipinski definition) is 3. The van der Waals surface area contributed by atoms with Crippen LogP contribution in [0.15, 0.2) is 16.7 Å². The van der Waals surface area contributed by atoms with Crippen molar-refractivity contribution in [1.82, 2.24) is 24.9 Å². The van der Waals surface area contributed by atoms with E-state index < -0.39 is 0 Å². The van der Waals surface area contributed by atoms with Gasteiger partial charge in [-0.15, -0.1) is 0 Å². The van der Waals surface area contributed by atoms with E-state index in [1.165, 1.54) is 11.4 Å². The number of aryl methyl sites for hydroxylation is 2. The Hall–Kier alpha value is -1.14. The van der Waals surface area contributed by atoms with Crippen molar-refractivity contribution < 1.29 is 0 Å². The number of rotatable bonds is 6. The molecule has 1 N–H and O–H groups in total. The molecule has 0 aliphatic carbocycles. The van der Waals surface area contributed by atoms with Crippen molar-refractivity contribution in [2.24, 2.45) is 0 Å². The Labute approximate surface area is 122 Å². The summed E-state index contributed by atoms with van der Waals surface area (Å²) in [7, 11) is 1.94. The second kappa shape index (κ2) is 6.34. The van der Waals surface area contributed by atoms with Gasteiger partial charge < -0.3 is 5.32 Å². The molecule has 2 aromatic rings. The molecule has 0 amide bonds. The summed E-state index contributed by atoms with van der Waals surface area (Å²) in [4.78, 5) is 0. The molecule has 0 aliphatic rings. The highest BCUT2D eigenvalue weighted by atomic mass is 79.9. The van der Waals surface area contributed by atoms with Gasteiger partial charge in [-0.2, -0.15) is 10.2 Å². The van der Waals surface area contributed by atoms with E-state index >= 15 is 0 Å². The van der Waals surface area contributed by atoms with E-state index in [2.05, 4.69) is 45.3 Å². The van der Waals surface area contributed by atoms with E-state index in [0.29, 0.717) is 0 Å². The van der Waals surface area contributed by atoms with Crippen LogP contribution >= 0.6 is 15.9 Å². The molecule has 0 bridgehead atoms. The van der Waals surface area contributed by atoms with E-state index in [-0.39, 0.29) is 0 Å². The Bertz CT molecular complexity index is 543. The summed E-state index contributed by atoms with van der Waals surface area (Å²) in [5, 5.41) is 12.2. The number of nitrogens with zero attached hydrogens (tertiary/aromatic N) is 4. The molecule has 0 unspecified atom stereocenters. The van der Waals surface area contributed by atoms with Gasteiger partial charge in [-0.05, 0) is 42.4 Å². The average Bonchev–Trinajstić information content (AvgIpc) is 2.97. The molecule has 0 spiro atoms. The molecule has 0 saturated carbocycles. The lowest BCUT2D eigenvalue weighted by Crippen LogP contribution is -2.15. The number of aromatic nitrogens is 4. The fourth-order valence-electron chi connectivity index (χ4n) is 2.14. The van der Waals surface area contributed by atoms with Gasteiger partial charge in [0.25, 0.3) is 0 Å². The lowest BCUT2D eigenvalue weighted by molar-refractivity contribution is 0.554. The summed E-state index contributed by atoms with van der Waals surface area (Å²) in [5.41, 5.74) is 3.47. The predicted molar refractivity (Wildman–Crippen MR) is 79.1 cm³/mol. The third kappa shape index (κ3) is 2.90. The first-order valence-corrected chi connectivity index (χ1v) is 7.39. The van der Waals surface area contributed by atoms with E-state index in [4.69, 9.17) is 0 Å². The fourth-order valence-corrected chi connectivity index (χ4v) is 2.83. The van der Waals surface area contributed by atoms with Gasteiger partial charge in [0, 0.05) is 19.3 Å². The van der Waals surface area contributed by atoms with Gasteiger partial charge in [-0.1, -0.05) is 6.92 Å². The van der Waals surface area contributed by atoms with Crippen LogP contribution in [0.3, 0.4) is 0 Å². The molecule has 19 heavy (non-hydrogen) atoms. The standard InChI is InChI=1S/C13H20BrN5/c1-4-11-13(14)12(18(5-2)17-11)9-19-10(8-15-3)6-7-16-19/h6-7,15H,4-5,8-9H2,1-3H3. The highest BCUT2D eigenvalue weighted by Gasteiger charge is 2.15. The molecule has 0 fully saturated rings. The topological polar surface area (TPSA) is 47.7 Å². The van der Waals surface area contributed by atoms with Gasteiger partial charge in [-0.3, -0.25) is 9.36 Å². The molecule has 2 heterocycles. The van der Waals surface area contributed by atoms with Crippen molar-refractivity contribution in [3.05, 3.63) is 33.8 Å². The molecule has 0 atom stereocenters. The summed E-state index contributed by atoms with van der Waals surface area (Å²) >= 11 is 3.67. The Kier molecular flexibility index (Phi) is 4.76. The third-order valence-corrected chi connectivity index (χ3v) is 4.07. The Balaban J connectivity index is 2.32. The van der Waals surface area contributed by atoms with E-state index in [1.807, 2.05) is 28.7 Å². The van der Waals surface area contributed by atoms with Gasteiger partial charge in [-0.25, -0.2) is 0 Å². The number of hydrogen-bond donors (Lipinski definition) is 1. The number of halogens is 1. The molecule has 0 saturated heterocycles. The summed E-state index contributed by atoms with van der Waals surface area (Å²) in [6.45, 7) is 6.66. The summed E-state index contributed by atoms with van der Waals surface area (Å²) in [5.74, 6) is 0. The van der Waals surface area contributed by atoms with Crippen LogP contribution in [-0.2, 0) is 26.1 Å². The van der Waals surface area contributed by atoms with Crippen LogP contribution in [0.2, 0.25) is 0 Å². The second-order valence-corrected chi connectivity index (χ2v) is 5.18.